The first kappa shape index (κ1) is 16.3. The molecule has 6 heteroatoms. The number of nitrogens with zero attached hydrogens (tertiary/aromatic N) is 2. The van der Waals surface area contributed by atoms with Gasteiger partial charge in [0.05, 0.1) is 0 Å². The van der Waals surface area contributed by atoms with Gasteiger partial charge in [-0.15, -0.1) is 22.0 Å². The average Bonchev–Trinajstić information content (AvgIpc) is 3.41. The van der Waals surface area contributed by atoms with Crippen molar-refractivity contribution in [2.24, 2.45) is 0 Å². The van der Waals surface area contributed by atoms with Crippen LogP contribution < -0.4 is 5.32 Å². The predicted octanol–water partition coefficient (Wildman–Crippen LogP) is 4.89. The Morgan fingerprint density at radius 3 is 2.40 bits per heavy atom. The second-order valence-electron chi connectivity index (χ2n) is 5.93. The Labute approximate surface area is 154 Å². The standard InChI is InChI=1S/C19H17N3OS2/c23-17(20-19-22-21-18(25-19)14-11-12-14)16(13-7-3-1-4-8-13)24-15-9-5-2-6-10-15/h1-10,14,16H,11-12H2,(H,20,22,23)/t16-/m1/s1. The van der Waals surface area contributed by atoms with Crippen molar-refractivity contribution in [3.8, 4) is 0 Å². The van der Waals surface area contributed by atoms with E-state index in [-0.39, 0.29) is 11.2 Å². The van der Waals surface area contributed by atoms with Gasteiger partial charge in [0, 0.05) is 10.8 Å². The van der Waals surface area contributed by atoms with Gasteiger partial charge in [-0.05, 0) is 30.5 Å². The van der Waals surface area contributed by atoms with Crippen LogP contribution in [0.15, 0.2) is 65.6 Å². The van der Waals surface area contributed by atoms with Crippen molar-refractivity contribution in [3.63, 3.8) is 0 Å². The van der Waals surface area contributed by atoms with E-state index in [2.05, 4.69) is 15.5 Å². The summed E-state index contributed by atoms with van der Waals surface area (Å²) in [5.74, 6) is 0.477. The first-order valence-electron chi connectivity index (χ1n) is 8.20. The number of aromatic nitrogens is 2. The van der Waals surface area contributed by atoms with Crippen LogP contribution in [0.4, 0.5) is 5.13 Å². The number of benzene rings is 2. The van der Waals surface area contributed by atoms with Crippen LogP contribution in [-0.4, -0.2) is 16.1 Å². The van der Waals surface area contributed by atoms with Crippen LogP contribution in [0.2, 0.25) is 0 Å². The summed E-state index contributed by atoms with van der Waals surface area (Å²) < 4.78 is 0. The molecule has 0 spiro atoms. The summed E-state index contributed by atoms with van der Waals surface area (Å²) in [7, 11) is 0. The molecule has 1 aliphatic rings. The lowest BCUT2D eigenvalue weighted by molar-refractivity contribution is -0.115. The van der Waals surface area contributed by atoms with Crippen LogP contribution in [-0.2, 0) is 4.79 Å². The zero-order valence-electron chi connectivity index (χ0n) is 13.5. The smallest absolute Gasteiger partial charge is 0.244 e. The molecule has 0 bridgehead atoms. The summed E-state index contributed by atoms with van der Waals surface area (Å²) in [6, 6.07) is 19.8. The van der Waals surface area contributed by atoms with Crippen LogP contribution in [0.1, 0.15) is 34.6 Å². The van der Waals surface area contributed by atoms with Crippen molar-refractivity contribution in [3.05, 3.63) is 71.2 Å². The third-order valence-corrected chi connectivity index (χ3v) is 6.20. The van der Waals surface area contributed by atoms with E-state index >= 15 is 0 Å². The monoisotopic (exact) mass is 367 g/mol. The van der Waals surface area contributed by atoms with Gasteiger partial charge in [-0.2, -0.15) is 0 Å². The van der Waals surface area contributed by atoms with Crippen molar-refractivity contribution in [1.82, 2.24) is 10.2 Å². The summed E-state index contributed by atoms with van der Waals surface area (Å²) in [5.41, 5.74) is 0.973. The van der Waals surface area contributed by atoms with E-state index in [1.54, 1.807) is 0 Å². The van der Waals surface area contributed by atoms with E-state index in [9.17, 15) is 4.79 Å². The fourth-order valence-electron chi connectivity index (χ4n) is 2.49. The Kier molecular flexibility index (Phi) is 4.81. The minimum atomic E-state index is -0.336. The quantitative estimate of drug-likeness (QED) is 0.630. The van der Waals surface area contributed by atoms with Gasteiger partial charge < -0.3 is 0 Å². The number of carbonyl (C=O) groups is 1. The molecule has 1 heterocycles. The zero-order chi connectivity index (χ0) is 17.1. The molecular formula is C19H17N3OS2. The zero-order valence-corrected chi connectivity index (χ0v) is 15.1. The third kappa shape index (κ3) is 4.08. The minimum Gasteiger partial charge on any atom is -0.299 e. The molecule has 0 aliphatic heterocycles. The molecule has 0 unspecified atom stereocenters. The predicted molar refractivity (Wildman–Crippen MR) is 102 cm³/mol. The molecule has 1 N–H and O–H groups in total. The molecule has 1 saturated carbocycles. The van der Waals surface area contributed by atoms with Gasteiger partial charge in [0.1, 0.15) is 10.3 Å². The average molecular weight is 367 g/mol. The Bertz CT molecular complexity index is 847. The highest BCUT2D eigenvalue weighted by molar-refractivity contribution is 8.00. The number of amides is 1. The molecule has 3 aromatic rings. The third-order valence-electron chi connectivity index (χ3n) is 3.93. The largest absolute Gasteiger partial charge is 0.299 e. The van der Waals surface area contributed by atoms with Crippen LogP contribution in [0.5, 0.6) is 0 Å². The van der Waals surface area contributed by atoms with Gasteiger partial charge in [-0.3, -0.25) is 10.1 Å². The second-order valence-corrected chi connectivity index (χ2v) is 8.12. The number of anilines is 1. The van der Waals surface area contributed by atoms with Crippen molar-refractivity contribution in [2.45, 2.75) is 28.9 Å². The Balaban J connectivity index is 1.54. The van der Waals surface area contributed by atoms with E-state index in [1.807, 2.05) is 60.7 Å². The summed E-state index contributed by atoms with van der Waals surface area (Å²) in [5, 5.41) is 12.5. The molecule has 4 rings (SSSR count). The normalized spacial score (nSPS) is 14.9. The summed E-state index contributed by atoms with van der Waals surface area (Å²) in [6.07, 6.45) is 2.36. The van der Waals surface area contributed by atoms with Crippen LogP contribution in [0.3, 0.4) is 0 Å². The molecular weight excluding hydrogens is 350 g/mol. The van der Waals surface area contributed by atoms with Crippen molar-refractivity contribution in [1.29, 1.82) is 0 Å². The first-order valence-corrected chi connectivity index (χ1v) is 9.90. The molecule has 1 fully saturated rings. The van der Waals surface area contributed by atoms with Crippen molar-refractivity contribution < 1.29 is 4.79 Å². The molecule has 126 valence electrons. The number of nitrogens with one attached hydrogen (secondary N) is 1. The number of rotatable bonds is 6. The number of hydrogen-bond donors (Lipinski definition) is 1. The molecule has 0 saturated heterocycles. The molecule has 4 nitrogen and oxygen atoms in total. The van der Waals surface area contributed by atoms with Gasteiger partial charge in [-0.1, -0.05) is 59.9 Å². The Morgan fingerprint density at radius 1 is 1.04 bits per heavy atom. The molecule has 1 aliphatic carbocycles. The summed E-state index contributed by atoms with van der Waals surface area (Å²) in [4.78, 5) is 14.0. The lowest BCUT2D eigenvalue weighted by Crippen LogP contribution is -2.18. The first-order chi connectivity index (χ1) is 12.3. The maximum atomic E-state index is 12.9. The van der Waals surface area contributed by atoms with Crippen molar-refractivity contribution >= 4 is 34.1 Å². The Morgan fingerprint density at radius 2 is 1.72 bits per heavy atom. The van der Waals surface area contributed by atoms with Crippen LogP contribution in [0.25, 0.3) is 0 Å². The van der Waals surface area contributed by atoms with Gasteiger partial charge in [-0.25, -0.2) is 0 Å². The highest BCUT2D eigenvalue weighted by atomic mass is 32.2. The van der Waals surface area contributed by atoms with Crippen LogP contribution in [0, 0.1) is 0 Å². The van der Waals surface area contributed by atoms with E-state index in [4.69, 9.17) is 0 Å². The lowest BCUT2D eigenvalue weighted by Gasteiger charge is -2.16. The Hall–Kier alpha value is -2.18. The van der Waals surface area contributed by atoms with E-state index in [1.165, 1.54) is 35.9 Å². The topological polar surface area (TPSA) is 54.9 Å². The highest BCUT2D eigenvalue weighted by Gasteiger charge is 2.28. The minimum absolute atomic E-state index is 0.0708. The summed E-state index contributed by atoms with van der Waals surface area (Å²) in [6.45, 7) is 0. The van der Waals surface area contributed by atoms with Crippen LogP contribution >= 0.6 is 23.1 Å². The number of hydrogen-bond acceptors (Lipinski definition) is 5. The molecule has 1 amide bonds. The van der Waals surface area contributed by atoms with Gasteiger partial charge in [0.25, 0.3) is 0 Å². The second kappa shape index (κ2) is 7.37. The SMILES string of the molecule is O=C(Nc1nnc(C2CC2)s1)[C@H](Sc1ccccc1)c1ccccc1. The highest BCUT2D eigenvalue weighted by Crippen LogP contribution is 2.42. The van der Waals surface area contributed by atoms with Crippen molar-refractivity contribution in [2.75, 3.05) is 5.32 Å². The van der Waals surface area contributed by atoms with Gasteiger partial charge in [0.2, 0.25) is 11.0 Å². The van der Waals surface area contributed by atoms with E-state index in [0.717, 1.165) is 15.5 Å². The number of thioether (sulfide) groups is 1. The van der Waals surface area contributed by atoms with Gasteiger partial charge >= 0.3 is 0 Å². The van der Waals surface area contributed by atoms with Gasteiger partial charge in [0.15, 0.2) is 0 Å². The number of carbonyl (C=O) groups excluding carboxylic acids is 1. The summed E-state index contributed by atoms with van der Waals surface area (Å²) >= 11 is 3.03. The fourth-order valence-corrected chi connectivity index (χ4v) is 4.45. The van der Waals surface area contributed by atoms with E-state index in [0.29, 0.717) is 11.0 Å². The van der Waals surface area contributed by atoms with E-state index < -0.39 is 0 Å². The molecule has 0 radical (unpaired) electrons. The molecule has 1 atom stereocenters. The lowest BCUT2D eigenvalue weighted by atomic mass is 10.1. The molecule has 2 aromatic carbocycles. The maximum Gasteiger partial charge on any atom is 0.244 e. The molecule has 25 heavy (non-hydrogen) atoms. The molecule has 1 aromatic heterocycles. The fraction of sp³-hybridized carbons (Fsp3) is 0.211. The maximum absolute atomic E-state index is 12.9.